The van der Waals surface area contributed by atoms with Gasteiger partial charge in [-0.05, 0) is 32.3 Å². The first-order valence-corrected chi connectivity index (χ1v) is 8.70. The number of carbonyl (C=O) groups excluding carboxylic acids is 2. The average molecular weight is 375 g/mol. The summed E-state index contributed by atoms with van der Waals surface area (Å²) in [6.45, 7) is 5.40. The van der Waals surface area contributed by atoms with Gasteiger partial charge in [0.25, 0.3) is 0 Å². The third-order valence-electron chi connectivity index (χ3n) is 4.43. The Morgan fingerprint density at radius 2 is 1.92 bits per heavy atom. The third-order valence-corrected chi connectivity index (χ3v) is 4.80. The van der Waals surface area contributed by atoms with Crippen molar-refractivity contribution in [2.24, 2.45) is 0 Å². The molecule has 2 aromatic carbocycles. The molecule has 3 rings (SSSR count). The Balaban J connectivity index is 2.33. The number of benzene rings is 2. The van der Waals surface area contributed by atoms with Gasteiger partial charge in [-0.3, -0.25) is 0 Å². The highest BCUT2D eigenvalue weighted by Crippen LogP contribution is 2.45. The number of esters is 1. The second-order valence-corrected chi connectivity index (χ2v) is 6.80. The Labute approximate surface area is 156 Å². The maximum atomic E-state index is 11.9. The number of aryl methyl sites for hydroxylation is 1. The molecule has 0 spiro atoms. The summed E-state index contributed by atoms with van der Waals surface area (Å²) in [6.07, 6.45) is 2.18. The molecule has 1 atom stereocenters. The van der Waals surface area contributed by atoms with Crippen LogP contribution in [0.15, 0.2) is 30.9 Å². The van der Waals surface area contributed by atoms with Crippen LogP contribution in [0, 0.1) is 6.92 Å². The summed E-state index contributed by atoms with van der Waals surface area (Å²) in [5, 5.41) is 1.28. The van der Waals surface area contributed by atoms with E-state index in [-0.39, 0.29) is 5.38 Å². The molecule has 0 heterocycles. The average Bonchev–Trinajstić information content (AvgIpc) is 2.63. The topological polar surface area (TPSA) is 61.8 Å². The SMILES string of the molecule is C=CC(=O)Oc1c2c(c(OC(=O)OC)c3cc(C)ccc13)CCC(Cl)C2. The molecule has 5 nitrogen and oxygen atoms in total. The van der Waals surface area contributed by atoms with Crippen LogP contribution in [0.25, 0.3) is 10.8 Å². The number of rotatable bonds is 3. The van der Waals surface area contributed by atoms with E-state index in [1.807, 2.05) is 25.1 Å². The summed E-state index contributed by atoms with van der Waals surface area (Å²) in [5.74, 6) is 0.336. The van der Waals surface area contributed by atoms with E-state index in [1.165, 1.54) is 7.11 Å². The van der Waals surface area contributed by atoms with Gasteiger partial charge in [-0.15, -0.1) is 11.6 Å². The van der Waals surface area contributed by atoms with Crippen LogP contribution in [0.4, 0.5) is 4.79 Å². The highest BCUT2D eigenvalue weighted by Gasteiger charge is 2.29. The molecular weight excluding hydrogens is 356 g/mol. The van der Waals surface area contributed by atoms with Crippen molar-refractivity contribution in [1.29, 1.82) is 0 Å². The van der Waals surface area contributed by atoms with Crippen molar-refractivity contribution < 1.29 is 23.8 Å². The van der Waals surface area contributed by atoms with Crippen molar-refractivity contribution in [3.8, 4) is 11.5 Å². The van der Waals surface area contributed by atoms with Gasteiger partial charge in [0, 0.05) is 33.4 Å². The fourth-order valence-corrected chi connectivity index (χ4v) is 3.51. The van der Waals surface area contributed by atoms with E-state index >= 15 is 0 Å². The van der Waals surface area contributed by atoms with E-state index in [2.05, 4.69) is 11.3 Å². The van der Waals surface area contributed by atoms with Gasteiger partial charge in [0.2, 0.25) is 0 Å². The van der Waals surface area contributed by atoms with Crippen molar-refractivity contribution in [1.82, 2.24) is 0 Å². The van der Waals surface area contributed by atoms with E-state index in [1.54, 1.807) is 0 Å². The molecule has 0 radical (unpaired) electrons. The van der Waals surface area contributed by atoms with Crippen LogP contribution in [0.1, 0.15) is 23.1 Å². The minimum atomic E-state index is -0.793. The Kier molecular flexibility index (Phi) is 5.18. The number of alkyl halides is 1. The van der Waals surface area contributed by atoms with Crippen LogP contribution in [-0.4, -0.2) is 24.6 Å². The van der Waals surface area contributed by atoms with Crippen LogP contribution in [-0.2, 0) is 22.4 Å². The van der Waals surface area contributed by atoms with Crippen LogP contribution in [0.5, 0.6) is 11.5 Å². The molecule has 1 aliphatic rings. The molecule has 1 aliphatic carbocycles. The smallest absolute Gasteiger partial charge is 0.437 e. The summed E-state index contributed by atoms with van der Waals surface area (Å²) in [4.78, 5) is 23.7. The normalized spacial score (nSPS) is 15.9. The molecule has 136 valence electrons. The summed E-state index contributed by atoms with van der Waals surface area (Å²) < 4.78 is 15.7. The van der Waals surface area contributed by atoms with Gasteiger partial charge in [-0.25, -0.2) is 9.59 Å². The maximum Gasteiger partial charge on any atom is 0.513 e. The van der Waals surface area contributed by atoms with Gasteiger partial charge in [-0.2, -0.15) is 0 Å². The van der Waals surface area contributed by atoms with Gasteiger partial charge < -0.3 is 14.2 Å². The number of hydrogen-bond donors (Lipinski definition) is 0. The number of ether oxygens (including phenoxy) is 3. The Morgan fingerprint density at radius 1 is 1.19 bits per heavy atom. The lowest BCUT2D eigenvalue weighted by molar-refractivity contribution is -0.128. The van der Waals surface area contributed by atoms with E-state index in [0.717, 1.165) is 29.2 Å². The maximum absolute atomic E-state index is 11.9. The highest BCUT2D eigenvalue weighted by atomic mass is 35.5. The molecule has 1 unspecified atom stereocenters. The van der Waals surface area contributed by atoms with Crippen molar-refractivity contribution >= 4 is 34.5 Å². The lowest BCUT2D eigenvalue weighted by Gasteiger charge is -2.26. The van der Waals surface area contributed by atoms with Crippen molar-refractivity contribution in [3.63, 3.8) is 0 Å². The second kappa shape index (κ2) is 7.38. The molecule has 0 fully saturated rings. The fraction of sp³-hybridized carbons (Fsp3) is 0.300. The quantitative estimate of drug-likeness (QED) is 0.260. The molecule has 0 amide bonds. The van der Waals surface area contributed by atoms with E-state index in [0.29, 0.717) is 35.1 Å². The Hall–Kier alpha value is -2.53. The number of fused-ring (bicyclic) bond motifs is 2. The molecule has 26 heavy (non-hydrogen) atoms. The molecule has 0 aromatic heterocycles. The van der Waals surface area contributed by atoms with E-state index in [4.69, 9.17) is 21.1 Å². The molecule has 0 N–H and O–H groups in total. The Bertz CT molecular complexity index is 903. The monoisotopic (exact) mass is 374 g/mol. The van der Waals surface area contributed by atoms with Crippen LogP contribution >= 0.6 is 11.6 Å². The van der Waals surface area contributed by atoms with Gasteiger partial charge in [-0.1, -0.05) is 24.3 Å². The third kappa shape index (κ3) is 3.40. The van der Waals surface area contributed by atoms with Gasteiger partial charge in [0.15, 0.2) is 0 Å². The molecular formula is C20H19ClO5. The lowest BCUT2D eigenvalue weighted by atomic mass is 9.86. The van der Waals surface area contributed by atoms with Gasteiger partial charge in [0.1, 0.15) is 11.5 Å². The van der Waals surface area contributed by atoms with Gasteiger partial charge in [0.05, 0.1) is 7.11 Å². The summed E-state index contributed by atoms with van der Waals surface area (Å²) in [7, 11) is 1.26. The first kappa shape index (κ1) is 18.3. The zero-order chi connectivity index (χ0) is 18.8. The minimum Gasteiger partial charge on any atom is -0.437 e. The van der Waals surface area contributed by atoms with Crippen LogP contribution in [0.2, 0.25) is 0 Å². The zero-order valence-corrected chi connectivity index (χ0v) is 15.4. The second-order valence-electron chi connectivity index (χ2n) is 6.19. The van der Waals surface area contributed by atoms with Crippen molar-refractivity contribution in [2.75, 3.05) is 7.11 Å². The first-order valence-electron chi connectivity index (χ1n) is 8.26. The van der Waals surface area contributed by atoms with Crippen molar-refractivity contribution in [3.05, 3.63) is 47.5 Å². The number of hydrogen-bond acceptors (Lipinski definition) is 5. The molecule has 2 aromatic rings. The summed E-state index contributed by atoms with van der Waals surface area (Å²) in [6, 6.07) is 5.65. The minimum absolute atomic E-state index is 0.0856. The fourth-order valence-electron chi connectivity index (χ4n) is 3.25. The largest absolute Gasteiger partial charge is 0.513 e. The predicted octanol–water partition coefficient (Wildman–Crippen LogP) is 4.48. The van der Waals surface area contributed by atoms with Crippen LogP contribution < -0.4 is 9.47 Å². The number of halogens is 1. The Morgan fingerprint density at radius 3 is 2.62 bits per heavy atom. The summed E-state index contributed by atoms with van der Waals surface area (Å²) >= 11 is 6.36. The van der Waals surface area contributed by atoms with E-state index < -0.39 is 12.1 Å². The summed E-state index contributed by atoms with van der Waals surface area (Å²) in [5.41, 5.74) is 2.58. The highest BCUT2D eigenvalue weighted by molar-refractivity contribution is 6.21. The van der Waals surface area contributed by atoms with Crippen molar-refractivity contribution in [2.45, 2.75) is 31.6 Å². The lowest BCUT2D eigenvalue weighted by Crippen LogP contribution is -2.19. The number of methoxy groups -OCH3 is 1. The molecule has 0 saturated heterocycles. The van der Waals surface area contributed by atoms with Gasteiger partial charge >= 0.3 is 12.1 Å². The zero-order valence-electron chi connectivity index (χ0n) is 14.6. The molecule has 0 aliphatic heterocycles. The number of carbonyl (C=O) groups is 2. The predicted molar refractivity (Wildman–Crippen MR) is 99.2 cm³/mol. The van der Waals surface area contributed by atoms with E-state index in [9.17, 15) is 9.59 Å². The molecule has 6 heteroatoms. The molecule has 0 bridgehead atoms. The standard InChI is InChI=1S/C20H19ClO5/c1-4-17(22)25-18-13-7-5-11(2)9-15(13)19(26-20(23)24-3)14-8-6-12(21)10-16(14)18/h4-5,7,9,12H,1,6,8,10H2,2-3H3. The molecule has 0 saturated carbocycles. The first-order chi connectivity index (χ1) is 12.4. The van der Waals surface area contributed by atoms with Crippen LogP contribution in [0.3, 0.4) is 0 Å².